The molecule has 0 unspecified atom stereocenters. The van der Waals surface area contributed by atoms with E-state index in [1.807, 2.05) is 29.6 Å². The molecular formula is C14H22N4. The Morgan fingerprint density at radius 1 is 1.17 bits per heavy atom. The van der Waals surface area contributed by atoms with Crippen LogP contribution in [-0.2, 0) is 17.5 Å². The first-order valence-corrected chi connectivity index (χ1v) is 6.31. The molecule has 0 atom stereocenters. The van der Waals surface area contributed by atoms with Gasteiger partial charge < -0.3 is 4.57 Å². The monoisotopic (exact) mass is 246 g/mol. The number of hydrogen-bond acceptors (Lipinski definition) is 2. The lowest BCUT2D eigenvalue weighted by atomic mass is 9.96. The highest BCUT2D eigenvalue weighted by Gasteiger charge is 2.22. The van der Waals surface area contributed by atoms with Gasteiger partial charge in [0.25, 0.3) is 0 Å². The third-order valence-electron chi connectivity index (χ3n) is 3.16. The third-order valence-corrected chi connectivity index (χ3v) is 3.16. The molecule has 0 aliphatic rings. The predicted octanol–water partition coefficient (Wildman–Crippen LogP) is 2.81. The van der Waals surface area contributed by atoms with E-state index in [-0.39, 0.29) is 11.1 Å². The van der Waals surface area contributed by atoms with E-state index in [0.717, 1.165) is 6.42 Å². The van der Waals surface area contributed by atoms with Crippen LogP contribution < -0.4 is 0 Å². The molecule has 98 valence electrons. The Kier molecular flexibility index (Phi) is 3.05. The van der Waals surface area contributed by atoms with E-state index in [0.29, 0.717) is 0 Å². The molecule has 4 heteroatoms. The highest BCUT2D eigenvalue weighted by atomic mass is 15.3. The largest absolute Gasteiger partial charge is 0.332 e. The van der Waals surface area contributed by atoms with Crippen LogP contribution in [0.25, 0.3) is 0 Å². The van der Waals surface area contributed by atoms with Gasteiger partial charge in [-0.05, 0) is 46.6 Å². The Bertz CT molecular complexity index is 500. The second-order valence-corrected chi connectivity index (χ2v) is 6.42. The molecule has 0 fully saturated rings. The molecule has 0 radical (unpaired) electrons. The van der Waals surface area contributed by atoms with Crippen LogP contribution in [0.15, 0.2) is 31.1 Å². The van der Waals surface area contributed by atoms with E-state index in [1.54, 1.807) is 0 Å². The summed E-state index contributed by atoms with van der Waals surface area (Å²) in [5, 5.41) is 4.44. The second-order valence-electron chi connectivity index (χ2n) is 6.42. The number of aromatic nitrogens is 4. The van der Waals surface area contributed by atoms with Gasteiger partial charge in [0.1, 0.15) is 0 Å². The van der Waals surface area contributed by atoms with Gasteiger partial charge >= 0.3 is 0 Å². The molecule has 0 saturated heterocycles. The fraction of sp³-hybridized carbons (Fsp3) is 0.571. The molecule has 0 N–H and O–H groups in total. The number of imidazole rings is 1. The van der Waals surface area contributed by atoms with Gasteiger partial charge in [-0.1, -0.05) is 0 Å². The van der Waals surface area contributed by atoms with Crippen molar-refractivity contribution in [3.63, 3.8) is 0 Å². The summed E-state index contributed by atoms with van der Waals surface area (Å²) in [6.45, 7) is 10.9. The molecular weight excluding hydrogens is 224 g/mol. The summed E-state index contributed by atoms with van der Waals surface area (Å²) in [5.74, 6) is 0. The first kappa shape index (κ1) is 12.9. The molecule has 4 nitrogen and oxygen atoms in total. The first-order valence-electron chi connectivity index (χ1n) is 6.31. The Labute approximate surface area is 109 Å². The highest BCUT2D eigenvalue weighted by Crippen LogP contribution is 2.22. The van der Waals surface area contributed by atoms with Crippen molar-refractivity contribution in [1.29, 1.82) is 0 Å². The van der Waals surface area contributed by atoms with Crippen LogP contribution in [0.1, 0.15) is 40.2 Å². The molecule has 2 aromatic rings. The summed E-state index contributed by atoms with van der Waals surface area (Å²) in [4.78, 5) is 4.12. The van der Waals surface area contributed by atoms with Crippen molar-refractivity contribution in [3.8, 4) is 0 Å². The Morgan fingerprint density at radius 3 is 2.39 bits per heavy atom. The topological polar surface area (TPSA) is 35.6 Å². The van der Waals surface area contributed by atoms with E-state index in [9.17, 15) is 0 Å². The normalized spacial score (nSPS) is 12.9. The Morgan fingerprint density at radius 2 is 1.89 bits per heavy atom. The van der Waals surface area contributed by atoms with Crippen LogP contribution in [0.3, 0.4) is 0 Å². The smallest absolute Gasteiger partial charge is 0.0951 e. The van der Waals surface area contributed by atoms with Crippen LogP contribution >= 0.6 is 0 Å². The SMILES string of the molecule is CC(C)(C)n1cc(CC(C)(C)n2ccnc2)cn1. The highest BCUT2D eigenvalue weighted by molar-refractivity contribution is 5.09. The summed E-state index contributed by atoms with van der Waals surface area (Å²) < 4.78 is 4.16. The van der Waals surface area contributed by atoms with Crippen LogP contribution in [0.2, 0.25) is 0 Å². The standard InChI is InChI=1S/C14H22N4/c1-13(2,3)18-10-12(9-16-18)8-14(4,5)17-7-6-15-11-17/h6-7,9-11H,8H2,1-5H3. The van der Waals surface area contributed by atoms with Crippen molar-refractivity contribution in [2.75, 3.05) is 0 Å². The zero-order valence-corrected chi connectivity index (χ0v) is 11.9. The molecule has 0 saturated carbocycles. The molecule has 2 heterocycles. The quantitative estimate of drug-likeness (QED) is 0.835. The van der Waals surface area contributed by atoms with Gasteiger partial charge in [-0.3, -0.25) is 4.68 Å². The van der Waals surface area contributed by atoms with Gasteiger partial charge in [0, 0.05) is 24.1 Å². The minimum Gasteiger partial charge on any atom is -0.332 e. The van der Waals surface area contributed by atoms with Gasteiger partial charge in [0.05, 0.1) is 18.1 Å². The minimum atomic E-state index is 0.0161. The molecule has 0 amide bonds. The first-order chi connectivity index (χ1) is 8.29. The molecule has 0 bridgehead atoms. The minimum absolute atomic E-state index is 0.0161. The van der Waals surface area contributed by atoms with E-state index in [4.69, 9.17) is 0 Å². The molecule has 0 aromatic carbocycles. The molecule has 0 spiro atoms. The van der Waals surface area contributed by atoms with Crippen molar-refractivity contribution in [1.82, 2.24) is 19.3 Å². The van der Waals surface area contributed by atoms with Crippen LogP contribution in [-0.4, -0.2) is 19.3 Å². The predicted molar refractivity (Wildman–Crippen MR) is 72.5 cm³/mol. The van der Waals surface area contributed by atoms with Crippen molar-refractivity contribution in [2.24, 2.45) is 0 Å². The van der Waals surface area contributed by atoms with Gasteiger partial charge in [-0.15, -0.1) is 0 Å². The fourth-order valence-electron chi connectivity index (χ4n) is 2.03. The molecule has 2 aromatic heterocycles. The lowest BCUT2D eigenvalue weighted by molar-refractivity contribution is 0.346. The molecule has 18 heavy (non-hydrogen) atoms. The van der Waals surface area contributed by atoms with E-state index in [1.165, 1.54) is 5.56 Å². The maximum atomic E-state index is 4.44. The summed E-state index contributed by atoms with van der Waals surface area (Å²) in [6.07, 6.45) is 10.7. The third kappa shape index (κ3) is 2.63. The Hall–Kier alpha value is -1.58. The van der Waals surface area contributed by atoms with Crippen LogP contribution in [0.4, 0.5) is 0 Å². The van der Waals surface area contributed by atoms with Crippen molar-refractivity contribution in [2.45, 2.75) is 52.1 Å². The zero-order chi connectivity index (χ0) is 13.4. The molecule has 0 aliphatic heterocycles. The average molecular weight is 246 g/mol. The summed E-state index contributed by atoms with van der Waals surface area (Å²) >= 11 is 0. The van der Waals surface area contributed by atoms with Crippen LogP contribution in [0, 0.1) is 0 Å². The lowest BCUT2D eigenvalue weighted by Crippen LogP contribution is -2.27. The van der Waals surface area contributed by atoms with Crippen molar-refractivity contribution >= 4 is 0 Å². The number of hydrogen-bond donors (Lipinski definition) is 0. The molecule has 0 aliphatic carbocycles. The number of rotatable bonds is 3. The number of nitrogens with zero attached hydrogens (tertiary/aromatic N) is 4. The van der Waals surface area contributed by atoms with E-state index < -0.39 is 0 Å². The second kappa shape index (κ2) is 4.26. The van der Waals surface area contributed by atoms with E-state index in [2.05, 4.69) is 55.5 Å². The zero-order valence-electron chi connectivity index (χ0n) is 11.9. The fourth-order valence-corrected chi connectivity index (χ4v) is 2.03. The Balaban J connectivity index is 2.17. The maximum Gasteiger partial charge on any atom is 0.0951 e. The van der Waals surface area contributed by atoms with Crippen molar-refractivity contribution < 1.29 is 0 Å². The molecule has 2 rings (SSSR count). The summed E-state index contributed by atoms with van der Waals surface area (Å²) in [5.41, 5.74) is 1.31. The van der Waals surface area contributed by atoms with Gasteiger partial charge in [-0.25, -0.2) is 4.98 Å². The van der Waals surface area contributed by atoms with Crippen molar-refractivity contribution in [3.05, 3.63) is 36.7 Å². The van der Waals surface area contributed by atoms with E-state index >= 15 is 0 Å². The average Bonchev–Trinajstić information content (AvgIpc) is 2.83. The van der Waals surface area contributed by atoms with Crippen LogP contribution in [0.5, 0.6) is 0 Å². The summed E-state index contributed by atoms with van der Waals surface area (Å²) in [6, 6.07) is 0. The van der Waals surface area contributed by atoms with Gasteiger partial charge in [0.2, 0.25) is 0 Å². The maximum absolute atomic E-state index is 4.44. The van der Waals surface area contributed by atoms with Gasteiger partial charge in [0.15, 0.2) is 0 Å². The lowest BCUT2D eigenvalue weighted by Gasteiger charge is -2.26. The van der Waals surface area contributed by atoms with Gasteiger partial charge in [-0.2, -0.15) is 5.10 Å². The summed E-state index contributed by atoms with van der Waals surface area (Å²) in [7, 11) is 0.